The molecule has 3 N–H and O–H groups in total. The lowest BCUT2D eigenvalue weighted by Crippen LogP contribution is -2.06. The minimum absolute atomic E-state index is 0.0370. The molecule has 0 bridgehead atoms. The largest absolute Gasteiger partial charge is 0.507 e. The van der Waals surface area contributed by atoms with Crippen LogP contribution in [0.2, 0.25) is 0 Å². The van der Waals surface area contributed by atoms with Gasteiger partial charge in [-0.3, -0.25) is 0 Å². The van der Waals surface area contributed by atoms with E-state index in [0.717, 1.165) is 0 Å². The molecule has 1 atom stereocenters. The van der Waals surface area contributed by atoms with Gasteiger partial charge in [0.25, 0.3) is 0 Å². The molecule has 1 rings (SSSR count). The summed E-state index contributed by atoms with van der Waals surface area (Å²) in [5.41, 5.74) is 6.38. The Morgan fingerprint density at radius 1 is 1.50 bits per heavy atom. The molecule has 1 aromatic carbocycles. The van der Waals surface area contributed by atoms with Crippen LogP contribution >= 0.6 is 0 Å². The van der Waals surface area contributed by atoms with E-state index < -0.39 is 5.82 Å². The van der Waals surface area contributed by atoms with Gasteiger partial charge in [0.2, 0.25) is 0 Å². The van der Waals surface area contributed by atoms with E-state index in [4.69, 9.17) is 5.73 Å². The first kappa shape index (κ1) is 9.00. The number of phenols is 1. The van der Waals surface area contributed by atoms with Crippen molar-refractivity contribution in [2.45, 2.75) is 19.9 Å². The molecule has 0 saturated heterocycles. The normalized spacial score (nSPS) is 13.0. The number of hydrogen-bond donors (Lipinski definition) is 2. The molecule has 0 saturated carbocycles. The maximum absolute atomic E-state index is 12.8. The predicted octanol–water partition coefficient (Wildman–Crippen LogP) is 1.86. The Labute approximate surface area is 70.8 Å². The Morgan fingerprint density at radius 3 is 2.58 bits per heavy atom. The molecule has 66 valence electrons. The average molecular weight is 169 g/mol. The SMILES string of the molecule is Cc1c(F)ccc([C@H](C)N)c1O. The van der Waals surface area contributed by atoms with Crippen molar-refractivity contribution in [3.05, 3.63) is 29.1 Å². The minimum atomic E-state index is -0.406. The second-order valence-corrected chi connectivity index (χ2v) is 2.90. The quantitative estimate of drug-likeness (QED) is 0.674. The van der Waals surface area contributed by atoms with Gasteiger partial charge in [-0.2, -0.15) is 0 Å². The standard InChI is InChI=1S/C9H12FNO/c1-5-8(10)4-3-7(6(2)11)9(5)12/h3-4,6,12H,11H2,1-2H3/t6-/m0/s1. The molecule has 0 amide bonds. The Hall–Kier alpha value is -1.09. The van der Waals surface area contributed by atoms with Crippen LogP contribution in [0, 0.1) is 12.7 Å². The smallest absolute Gasteiger partial charge is 0.129 e. The van der Waals surface area contributed by atoms with E-state index in [1.54, 1.807) is 6.92 Å². The van der Waals surface area contributed by atoms with Gasteiger partial charge in [0, 0.05) is 17.2 Å². The van der Waals surface area contributed by atoms with Crippen LogP contribution in [0.25, 0.3) is 0 Å². The van der Waals surface area contributed by atoms with E-state index in [0.29, 0.717) is 5.56 Å². The van der Waals surface area contributed by atoms with Crippen molar-refractivity contribution < 1.29 is 9.50 Å². The van der Waals surface area contributed by atoms with Crippen LogP contribution in [0.1, 0.15) is 24.1 Å². The van der Waals surface area contributed by atoms with Gasteiger partial charge in [-0.25, -0.2) is 4.39 Å². The van der Waals surface area contributed by atoms with Gasteiger partial charge in [0.05, 0.1) is 0 Å². The molecule has 3 heteroatoms. The van der Waals surface area contributed by atoms with E-state index in [1.165, 1.54) is 19.1 Å². The van der Waals surface area contributed by atoms with Crippen molar-refractivity contribution >= 4 is 0 Å². The Bertz CT molecular complexity index is 297. The summed E-state index contributed by atoms with van der Waals surface area (Å²) in [5.74, 6) is -0.443. The summed E-state index contributed by atoms with van der Waals surface area (Å²) >= 11 is 0. The van der Waals surface area contributed by atoms with Crippen LogP contribution in [0.3, 0.4) is 0 Å². The third-order valence-corrected chi connectivity index (χ3v) is 1.89. The number of rotatable bonds is 1. The number of benzene rings is 1. The first-order valence-electron chi connectivity index (χ1n) is 3.77. The number of hydrogen-bond acceptors (Lipinski definition) is 2. The molecule has 0 unspecified atom stereocenters. The molecule has 0 radical (unpaired) electrons. The van der Waals surface area contributed by atoms with Crippen molar-refractivity contribution in [2.24, 2.45) is 5.73 Å². The first-order valence-corrected chi connectivity index (χ1v) is 3.77. The fraction of sp³-hybridized carbons (Fsp3) is 0.333. The van der Waals surface area contributed by atoms with Crippen molar-refractivity contribution in [3.8, 4) is 5.75 Å². The highest BCUT2D eigenvalue weighted by Gasteiger charge is 2.10. The molecule has 12 heavy (non-hydrogen) atoms. The molecule has 1 aromatic rings. The molecule has 2 nitrogen and oxygen atoms in total. The summed E-state index contributed by atoms with van der Waals surface area (Å²) in [6.07, 6.45) is 0. The lowest BCUT2D eigenvalue weighted by Gasteiger charge is -2.10. The van der Waals surface area contributed by atoms with Gasteiger partial charge in [0.1, 0.15) is 11.6 Å². The fourth-order valence-corrected chi connectivity index (χ4v) is 1.06. The summed E-state index contributed by atoms with van der Waals surface area (Å²) in [5, 5.41) is 9.43. The highest BCUT2D eigenvalue weighted by molar-refractivity contribution is 5.41. The Balaban J connectivity index is 3.27. The maximum atomic E-state index is 12.8. The molecule has 0 heterocycles. The molecule has 0 aliphatic heterocycles. The molecule has 0 aromatic heterocycles. The zero-order chi connectivity index (χ0) is 9.30. The van der Waals surface area contributed by atoms with Gasteiger partial charge in [0.15, 0.2) is 0 Å². The van der Waals surface area contributed by atoms with Crippen LogP contribution in [0.5, 0.6) is 5.75 Å². The Morgan fingerprint density at radius 2 is 2.08 bits per heavy atom. The maximum Gasteiger partial charge on any atom is 0.129 e. The third kappa shape index (κ3) is 1.41. The van der Waals surface area contributed by atoms with Crippen LogP contribution in [0.4, 0.5) is 4.39 Å². The number of aromatic hydroxyl groups is 1. The predicted molar refractivity (Wildman–Crippen MR) is 45.4 cm³/mol. The highest BCUT2D eigenvalue weighted by atomic mass is 19.1. The highest BCUT2D eigenvalue weighted by Crippen LogP contribution is 2.27. The summed E-state index contributed by atoms with van der Waals surface area (Å²) in [4.78, 5) is 0. The molecular weight excluding hydrogens is 157 g/mol. The minimum Gasteiger partial charge on any atom is -0.507 e. The van der Waals surface area contributed by atoms with E-state index >= 15 is 0 Å². The second kappa shape index (κ2) is 3.11. The van der Waals surface area contributed by atoms with Gasteiger partial charge in [-0.05, 0) is 19.9 Å². The monoisotopic (exact) mass is 169 g/mol. The topological polar surface area (TPSA) is 46.2 Å². The van der Waals surface area contributed by atoms with Crippen molar-refractivity contribution in [1.29, 1.82) is 0 Å². The van der Waals surface area contributed by atoms with Gasteiger partial charge in [-0.15, -0.1) is 0 Å². The molecule has 0 spiro atoms. The molecule has 0 aliphatic carbocycles. The summed E-state index contributed by atoms with van der Waals surface area (Å²) < 4.78 is 12.8. The number of halogens is 1. The van der Waals surface area contributed by atoms with Crippen LogP contribution < -0.4 is 5.73 Å². The van der Waals surface area contributed by atoms with Crippen molar-refractivity contribution in [2.75, 3.05) is 0 Å². The lowest BCUT2D eigenvalue weighted by atomic mass is 10.0. The van der Waals surface area contributed by atoms with E-state index in [9.17, 15) is 9.50 Å². The van der Waals surface area contributed by atoms with Gasteiger partial charge in [-0.1, -0.05) is 6.07 Å². The Kier molecular flexibility index (Phi) is 2.33. The van der Waals surface area contributed by atoms with Crippen LogP contribution in [-0.2, 0) is 0 Å². The summed E-state index contributed by atoms with van der Waals surface area (Å²) in [6.45, 7) is 3.27. The lowest BCUT2D eigenvalue weighted by molar-refractivity contribution is 0.451. The molecule has 0 aliphatic rings. The van der Waals surface area contributed by atoms with Gasteiger partial charge >= 0.3 is 0 Å². The van der Waals surface area contributed by atoms with Crippen LogP contribution in [-0.4, -0.2) is 5.11 Å². The van der Waals surface area contributed by atoms with E-state index in [-0.39, 0.29) is 17.4 Å². The van der Waals surface area contributed by atoms with Crippen molar-refractivity contribution in [1.82, 2.24) is 0 Å². The summed E-state index contributed by atoms with van der Waals surface area (Å²) in [6, 6.07) is 2.54. The zero-order valence-corrected chi connectivity index (χ0v) is 7.13. The van der Waals surface area contributed by atoms with Gasteiger partial charge < -0.3 is 10.8 Å². The summed E-state index contributed by atoms with van der Waals surface area (Å²) in [7, 11) is 0. The van der Waals surface area contributed by atoms with E-state index in [2.05, 4.69) is 0 Å². The zero-order valence-electron chi connectivity index (χ0n) is 7.13. The molecular formula is C9H12FNO. The number of phenolic OH excluding ortho intramolecular Hbond substituents is 1. The third-order valence-electron chi connectivity index (χ3n) is 1.89. The fourth-order valence-electron chi connectivity index (χ4n) is 1.06. The molecule has 0 fully saturated rings. The average Bonchev–Trinajstić information content (AvgIpc) is 2.00. The first-order chi connectivity index (χ1) is 5.54. The second-order valence-electron chi connectivity index (χ2n) is 2.90. The number of nitrogens with two attached hydrogens (primary N) is 1. The van der Waals surface area contributed by atoms with Crippen LogP contribution in [0.15, 0.2) is 12.1 Å². The van der Waals surface area contributed by atoms with E-state index in [1.807, 2.05) is 0 Å². The van der Waals surface area contributed by atoms with Crippen molar-refractivity contribution in [3.63, 3.8) is 0 Å².